The molecule has 1 amide bonds. The Morgan fingerprint density at radius 2 is 1.82 bits per heavy atom. The van der Waals surface area contributed by atoms with Crippen LogP contribution in [-0.4, -0.2) is 16.8 Å². The van der Waals surface area contributed by atoms with Crippen molar-refractivity contribution in [2.24, 2.45) is 0 Å². The lowest BCUT2D eigenvalue weighted by Crippen LogP contribution is -2.36. The molecule has 0 unspecified atom stereocenters. The highest BCUT2D eigenvalue weighted by Gasteiger charge is 2.37. The van der Waals surface area contributed by atoms with E-state index in [1.807, 2.05) is 31.2 Å². The first kappa shape index (κ1) is 15.0. The van der Waals surface area contributed by atoms with Crippen molar-refractivity contribution in [1.29, 1.82) is 0 Å². The van der Waals surface area contributed by atoms with E-state index in [9.17, 15) is 9.18 Å². The Bertz CT molecular complexity index is 682. The van der Waals surface area contributed by atoms with E-state index in [0.29, 0.717) is 5.02 Å². The molecule has 0 spiro atoms. The fourth-order valence-corrected chi connectivity index (χ4v) is 2.81. The van der Waals surface area contributed by atoms with Crippen LogP contribution in [0.5, 0.6) is 0 Å². The molecule has 0 radical (unpaired) electrons. The maximum Gasteiger partial charge on any atom is 0.257 e. The molecule has 1 aliphatic rings. The van der Waals surface area contributed by atoms with Gasteiger partial charge in [-0.3, -0.25) is 4.79 Å². The van der Waals surface area contributed by atoms with Gasteiger partial charge in [-0.15, -0.1) is 0 Å². The number of rotatable bonds is 4. The number of halogens is 2. The van der Waals surface area contributed by atoms with Crippen molar-refractivity contribution >= 4 is 17.5 Å². The minimum Gasteiger partial charge on any atom is -0.329 e. The molecule has 0 N–H and O–H groups in total. The van der Waals surface area contributed by atoms with E-state index in [2.05, 4.69) is 0 Å². The van der Waals surface area contributed by atoms with Gasteiger partial charge >= 0.3 is 0 Å². The van der Waals surface area contributed by atoms with Crippen molar-refractivity contribution in [2.45, 2.75) is 31.8 Å². The van der Waals surface area contributed by atoms with Crippen molar-refractivity contribution in [3.8, 4) is 0 Å². The van der Waals surface area contributed by atoms with E-state index < -0.39 is 5.82 Å². The molecule has 0 bridgehead atoms. The van der Waals surface area contributed by atoms with Gasteiger partial charge in [0.25, 0.3) is 5.91 Å². The summed E-state index contributed by atoms with van der Waals surface area (Å²) in [6.45, 7) is 1.97. The standard InChI is InChI=1S/C18H17ClFNO/c1-12(13-6-8-14(19)9-7-13)21(15-10-11-15)18(22)16-4-2-3-5-17(16)20/h2-9,12,15H,10-11H2,1H3/t12-/m0/s1. The van der Waals surface area contributed by atoms with Crippen LogP contribution in [0.15, 0.2) is 48.5 Å². The van der Waals surface area contributed by atoms with Gasteiger partial charge in [-0.25, -0.2) is 4.39 Å². The summed E-state index contributed by atoms with van der Waals surface area (Å²) in [6.07, 6.45) is 1.94. The molecule has 1 atom stereocenters. The average Bonchev–Trinajstić information content (AvgIpc) is 3.33. The number of carbonyl (C=O) groups excluding carboxylic acids is 1. The van der Waals surface area contributed by atoms with Gasteiger partial charge in [-0.2, -0.15) is 0 Å². The van der Waals surface area contributed by atoms with Gasteiger partial charge in [0.1, 0.15) is 5.82 Å². The molecule has 2 aromatic carbocycles. The van der Waals surface area contributed by atoms with Gasteiger partial charge in [0, 0.05) is 11.1 Å². The van der Waals surface area contributed by atoms with Crippen LogP contribution >= 0.6 is 11.6 Å². The quantitative estimate of drug-likeness (QED) is 0.789. The van der Waals surface area contributed by atoms with Crippen molar-refractivity contribution in [3.05, 3.63) is 70.5 Å². The van der Waals surface area contributed by atoms with E-state index >= 15 is 0 Å². The Kier molecular flexibility index (Phi) is 4.16. The first-order chi connectivity index (χ1) is 10.6. The molecule has 1 fully saturated rings. The predicted molar refractivity (Wildman–Crippen MR) is 85.5 cm³/mol. The number of benzene rings is 2. The minimum atomic E-state index is -0.471. The number of amides is 1. The summed E-state index contributed by atoms with van der Waals surface area (Å²) in [5.74, 6) is -0.718. The number of carbonyl (C=O) groups is 1. The molecule has 0 heterocycles. The highest BCUT2D eigenvalue weighted by atomic mass is 35.5. The molecule has 1 saturated carbocycles. The zero-order valence-electron chi connectivity index (χ0n) is 12.3. The zero-order valence-corrected chi connectivity index (χ0v) is 13.1. The fraction of sp³-hybridized carbons (Fsp3) is 0.278. The summed E-state index contributed by atoms with van der Waals surface area (Å²) >= 11 is 5.92. The zero-order chi connectivity index (χ0) is 15.7. The number of hydrogen-bond acceptors (Lipinski definition) is 1. The van der Waals surface area contributed by atoms with E-state index in [4.69, 9.17) is 11.6 Å². The van der Waals surface area contributed by atoms with Gasteiger partial charge in [-0.1, -0.05) is 35.9 Å². The number of nitrogens with zero attached hydrogens (tertiary/aromatic N) is 1. The van der Waals surface area contributed by atoms with Crippen molar-refractivity contribution in [1.82, 2.24) is 4.90 Å². The Labute approximate surface area is 134 Å². The Morgan fingerprint density at radius 3 is 2.41 bits per heavy atom. The topological polar surface area (TPSA) is 20.3 Å². The lowest BCUT2D eigenvalue weighted by Gasteiger charge is -2.30. The van der Waals surface area contributed by atoms with Crippen LogP contribution in [0, 0.1) is 5.82 Å². The molecule has 0 aromatic heterocycles. The third-order valence-electron chi connectivity index (χ3n) is 4.05. The largest absolute Gasteiger partial charge is 0.329 e. The van der Waals surface area contributed by atoms with E-state index in [1.165, 1.54) is 6.07 Å². The van der Waals surface area contributed by atoms with Gasteiger partial charge in [0.2, 0.25) is 0 Å². The van der Waals surface area contributed by atoms with E-state index in [0.717, 1.165) is 18.4 Å². The second-order valence-corrected chi connectivity index (χ2v) is 6.09. The van der Waals surface area contributed by atoms with E-state index in [1.54, 1.807) is 23.1 Å². The van der Waals surface area contributed by atoms with Crippen molar-refractivity contribution in [2.75, 3.05) is 0 Å². The first-order valence-corrected chi connectivity index (χ1v) is 7.78. The van der Waals surface area contributed by atoms with Gasteiger partial charge in [0.15, 0.2) is 0 Å². The lowest BCUT2D eigenvalue weighted by atomic mass is 10.0. The maximum absolute atomic E-state index is 13.9. The Balaban J connectivity index is 1.91. The van der Waals surface area contributed by atoms with Crippen LogP contribution < -0.4 is 0 Å². The van der Waals surface area contributed by atoms with E-state index in [-0.39, 0.29) is 23.6 Å². The van der Waals surface area contributed by atoms with Crippen LogP contribution in [0.2, 0.25) is 5.02 Å². The molecular weight excluding hydrogens is 301 g/mol. The van der Waals surface area contributed by atoms with Crippen LogP contribution in [0.3, 0.4) is 0 Å². The Morgan fingerprint density at radius 1 is 1.18 bits per heavy atom. The molecule has 0 aliphatic heterocycles. The van der Waals surface area contributed by atoms with Crippen molar-refractivity contribution in [3.63, 3.8) is 0 Å². The normalized spacial score (nSPS) is 15.4. The van der Waals surface area contributed by atoms with Crippen LogP contribution in [0.25, 0.3) is 0 Å². The molecule has 2 nitrogen and oxygen atoms in total. The summed E-state index contributed by atoms with van der Waals surface area (Å²) in [5, 5.41) is 0.661. The van der Waals surface area contributed by atoms with Crippen LogP contribution in [0.1, 0.15) is 41.7 Å². The van der Waals surface area contributed by atoms with Crippen molar-refractivity contribution < 1.29 is 9.18 Å². The summed E-state index contributed by atoms with van der Waals surface area (Å²) in [4.78, 5) is 14.6. The molecular formula is C18H17ClFNO. The molecule has 4 heteroatoms. The molecule has 1 aliphatic carbocycles. The van der Waals surface area contributed by atoms with Gasteiger partial charge in [-0.05, 0) is 49.6 Å². The van der Waals surface area contributed by atoms with Gasteiger partial charge < -0.3 is 4.90 Å². The molecule has 0 saturated heterocycles. The highest BCUT2D eigenvalue weighted by Crippen LogP contribution is 2.36. The summed E-state index contributed by atoms with van der Waals surface area (Å²) < 4.78 is 13.9. The van der Waals surface area contributed by atoms with Gasteiger partial charge in [0.05, 0.1) is 11.6 Å². The summed E-state index contributed by atoms with van der Waals surface area (Å²) in [5.41, 5.74) is 1.14. The van der Waals surface area contributed by atoms with Crippen LogP contribution in [0.4, 0.5) is 4.39 Å². The smallest absolute Gasteiger partial charge is 0.257 e. The second kappa shape index (κ2) is 6.09. The molecule has 2 aromatic rings. The Hall–Kier alpha value is -1.87. The van der Waals surface area contributed by atoms with Crippen LogP contribution in [-0.2, 0) is 0 Å². The summed E-state index contributed by atoms with van der Waals surface area (Å²) in [6, 6.07) is 13.7. The predicted octanol–water partition coefficient (Wildman–Crippen LogP) is 4.84. The lowest BCUT2D eigenvalue weighted by molar-refractivity contribution is 0.0669. The third kappa shape index (κ3) is 3.00. The highest BCUT2D eigenvalue weighted by molar-refractivity contribution is 6.30. The third-order valence-corrected chi connectivity index (χ3v) is 4.30. The minimum absolute atomic E-state index is 0.114. The second-order valence-electron chi connectivity index (χ2n) is 5.65. The summed E-state index contributed by atoms with van der Waals surface area (Å²) in [7, 11) is 0. The monoisotopic (exact) mass is 317 g/mol. The average molecular weight is 318 g/mol. The molecule has 22 heavy (non-hydrogen) atoms. The maximum atomic E-state index is 13.9. The first-order valence-electron chi connectivity index (χ1n) is 7.40. The number of hydrogen-bond donors (Lipinski definition) is 0. The SMILES string of the molecule is C[C@@H](c1ccc(Cl)cc1)N(C(=O)c1ccccc1F)C1CC1. The molecule has 114 valence electrons. The molecule has 3 rings (SSSR count). The fourth-order valence-electron chi connectivity index (χ4n) is 2.69.